The predicted octanol–water partition coefficient (Wildman–Crippen LogP) is 6.08. The van der Waals surface area contributed by atoms with Crippen molar-refractivity contribution in [2.75, 3.05) is 6.61 Å². The summed E-state index contributed by atoms with van der Waals surface area (Å²) < 4.78 is 42.1. The molecule has 3 heterocycles. The first-order valence-corrected chi connectivity index (χ1v) is 15.5. The maximum Gasteiger partial charge on any atom is 0.163 e. The average molecular weight is 601 g/mol. The molecule has 0 amide bonds. The standard InChI is InChI=1S/C34H34F2N4O4/c1-33(37)17-43-32-24(33)15-29(38-31(32)18-2-9-25(35)26(36)13-18)34(42,21-3-4-21)11-10-27(41)19-12-20-16-40(22-5-6-22)39-30(20)28(14-19)44-23-7-8-23/h2,9,12-16,21-23,42H,3-8,10-11,17,37H2,1H3/t33-,34+/m0/s1. The van der Waals surface area contributed by atoms with Gasteiger partial charge in [0, 0.05) is 34.7 Å². The Morgan fingerprint density at radius 1 is 1.14 bits per heavy atom. The van der Waals surface area contributed by atoms with Gasteiger partial charge in [0.15, 0.2) is 23.2 Å². The van der Waals surface area contributed by atoms with E-state index in [1.807, 2.05) is 23.9 Å². The number of hydrogen-bond acceptors (Lipinski definition) is 7. The summed E-state index contributed by atoms with van der Waals surface area (Å²) in [6.45, 7) is 2.00. The molecular formula is C34H34F2N4O4. The van der Waals surface area contributed by atoms with E-state index in [1.165, 1.54) is 6.07 Å². The number of fused-ring (bicyclic) bond motifs is 2. The van der Waals surface area contributed by atoms with Crippen LogP contribution in [0.3, 0.4) is 0 Å². The number of aliphatic hydroxyl groups is 1. The van der Waals surface area contributed by atoms with E-state index >= 15 is 0 Å². The van der Waals surface area contributed by atoms with Crippen molar-refractivity contribution in [1.29, 1.82) is 0 Å². The van der Waals surface area contributed by atoms with Gasteiger partial charge in [-0.1, -0.05) is 0 Å². The summed E-state index contributed by atoms with van der Waals surface area (Å²) in [5.41, 5.74) is 7.16. The number of halogens is 2. The topological polar surface area (TPSA) is 112 Å². The first-order chi connectivity index (χ1) is 21.1. The summed E-state index contributed by atoms with van der Waals surface area (Å²) in [5.74, 6) is -1.17. The zero-order valence-electron chi connectivity index (χ0n) is 24.5. The number of ether oxygens (including phenoxy) is 2. The molecule has 10 heteroatoms. The molecule has 0 saturated heterocycles. The number of rotatable bonds is 10. The van der Waals surface area contributed by atoms with E-state index in [2.05, 4.69) is 0 Å². The highest BCUT2D eigenvalue weighted by molar-refractivity contribution is 6.01. The average Bonchev–Trinajstić information content (AvgIpc) is 3.87. The van der Waals surface area contributed by atoms with Crippen molar-refractivity contribution < 1.29 is 28.2 Å². The fourth-order valence-electron chi connectivity index (χ4n) is 6.28. The SMILES string of the molecule is C[C@]1(N)COc2c1cc([C@@](O)(CCC(=O)c1cc(OC3CC3)c3nn(C4CC4)cc3c1)C1CC1)nc2-c1ccc(F)c(F)c1. The molecule has 3 fully saturated rings. The fraction of sp³-hybridized carbons (Fsp3) is 0.441. The lowest BCUT2D eigenvalue weighted by Gasteiger charge is -2.29. The van der Waals surface area contributed by atoms with Gasteiger partial charge in [-0.15, -0.1) is 0 Å². The van der Waals surface area contributed by atoms with E-state index in [1.54, 1.807) is 12.1 Å². The Labute approximate surface area is 253 Å². The van der Waals surface area contributed by atoms with Gasteiger partial charge in [-0.2, -0.15) is 5.10 Å². The molecule has 3 saturated carbocycles. The summed E-state index contributed by atoms with van der Waals surface area (Å²) in [6.07, 6.45) is 8.11. The third-order valence-corrected chi connectivity index (χ3v) is 9.38. The third kappa shape index (κ3) is 4.84. The van der Waals surface area contributed by atoms with Crippen LogP contribution in [0.1, 0.15) is 85.9 Å². The second-order valence-electron chi connectivity index (χ2n) is 13.3. The molecule has 44 heavy (non-hydrogen) atoms. The summed E-state index contributed by atoms with van der Waals surface area (Å²) in [4.78, 5) is 18.5. The smallest absolute Gasteiger partial charge is 0.163 e. The van der Waals surface area contributed by atoms with Crippen LogP contribution in [0.15, 0.2) is 42.6 Å². The number of Topliss-reactive ketones (excluding diaryl/α,β-unsaturated/α-hetero) is 1. The maximum atomic E-state index is 14.3. The van der Waals surface area contributed by atoms with Crippen molar-refractivity contribution in [3.63, 3.8) is 0 Å². The zero-order valence-corrected chi connectivity index (χ0v) is 24.5. The Kier molecular flexibility index (Phi) is 6.16. The Bertz CT molecular complexity index is 1830. The molecule has 4 aliphatic rings. The van der Waals surface area contributed by atoms with E-state index < -0.39 is 22.8 Å². The van der Waals surface area contributed by atoms with Gasteiger partial charge in [-0.05, 0) is 94.2 Å². The molecule has 2 atom stereocenters. The summed E-state index contributed by atoms with van der Waals surface area (Å²) in [7, 11) is 0. The van der Waals surface area contributed by atoms with Crippen molar-refractivity contribution in [1.82, 2.24) is 14.8 Å². The molecule has 0 unspecified atom stereocenters. The summed E-state index contributed by atoms with van der Waals surface area (Å²) in [6, 6.07) is 9.36. The van der Waals surface area contributed by atoms with E-state index in [9.17, 15) is 18.7 Å². The molecule has 8 rings (SSSR count). The summed E-state index contributed by atoms with van der Waals surface area (Å²) >= 11 is 0. The number of pyridine rings is 1. The highest BCUT2D eigenvalue weighted by atomic mass is 19.2. The number of ketones is 1. The van der Waals surface area contributed by atoms with Gasteiger partial charge in [-0.25, -0.2) is 13.8 Å². The van der Waals surface area contributed by atoms with E-state index in [-0.39, 0.29) is 42.9 Å². The van der Waals surface area contributed by atoms with Crippen LogP contribution in [-0.2, 0) is 11.1 Å². The molecule has 0 spiro atoms. The summed E-state index contributed by atoms with van der Waals surface area (Å²) in [5, 5.41) is 17.9. The van der Waals surface area contributed by atoms with Gasteiger partial charge < -0.3 is 20.3 Å². The van der Waals surface area contributed by atoms with Crippen molar-refractivity contribution in [2.24, 2.45) is 11.7 Å². The lowest BCUT2D eigenvalue weighted by atomic mass is 9.83. The van der Waals surface area contributed by atoms with Crippen LogP contribution in [0.25, 0.3) is 22.2 Å². The number of carbonyl (C=O) groups is 1. The molecule has 8 nitrogen and oxygen atoms in total. The molecule has 0 bridgehead atoms. The Hall–Kier alpha value is -3.89. The number of hydrogen-bond donors (Lipinski definition) is 2. The third-order valence-electron chi connectivity index (χ3n) is 9.38. The van der Waals surface area contributed by atoms with Crippen molar-refractivity contribution >= 4 is 16.7 Å². The number of carbonyl (C=O) groups excluding carboxylic acids is 1. The number of nitrogens with two attached hydrogens (primary N) is 1. The van der Waals surface area contributed by atoms with Crippen LogP contribution in [0.5, 0.6) is 11.5 Å². The quantitative estimate of drug-likeness (QED) is 0.212. The van der Waals surface area contributed by atoms with Gasteiger partial charge in [0.2, 0.25) is 0 Å². The van der Waals surface area contributed by atoms with Crippen molar-refractivity contribution in [3.8, 4) is 22.8 Å². The van der Waals surface area contributed by atoms with Gasteiger partial charge in [-0.3, -0.25) is 9.48 Å². The monoisotopic (exact) mass is 600 g/mol. The molecule has 3 N–H and O–H groups in total. The van der Waals surface area contributed by atoms with Crippen LogP contribution in [-0.4, -0.2) is 38.4 Å². The van der Waals surface area contributed by atoms with Gasteiger partial charge in [0.05, 0.1) is 23.4 Å². The normalized spacial score (nSPS) is 22.5. The van der Waals surface area contributed by atoms with Crippen LogP contribution in [0, 0.1) is 17.6 Å². The zero-order chi connectivity index (χ0) is 30.4. The molecule has 4 aromatic rings. The highest BCUT2D eigenvalue weighted by Gasteiger charge is 2.48. The minimum atomic E-state index is -1.43. The second-order valence-corrected chi connectivity index (χ2v) is 13.3. The second kappa shape index (κ2) is 9.81. The maximum absolute atomic E-state index is 14.3. The lowest BCUT2D eigenvalue weighted by Crippen LogP contribution is -2.35. The molecule has 3 aliphatic carbocycles. The molecule has 0 radical (unpaired) electrons. The minimum Gasteiger partial charge on any atom is -0.489 e. The van der Waals surface area contributed by atoms with Crippen LogP contribution < -0.4 is 15.2 Å². The fourth-order valence-corrected chi connectivity index (χ4v) is 6.28. The molecule has 1 aliphatic heterocycles. The number of aromatic nitrogens is 3. The number of nitrogens with zero attached hydrogens (tertiary/aromatic N) is 3. The van der Waals surface area contributed by atoms with Crippen LogP contribution in [0.4, 0.5) is 8.78 Å². The molecule has 2 aromatic heterocycles. The van der Waals surface area contributed by atoms with Gasteiger partial charge >= 0.3 is 0 Å². The van der Waals surface area contributed by atoms with E-state index in [0.29, 0.717) is 39.9 Å². The Morgan fingerprint density at radius 3 is 2.64 bits per heavy atom. The molecule has 2 aromatic carbocycles. The highest BCUT2D eigenvalue weighted by Crippen LogP contribution is 2.51. The van der Waals surface area contributed by atoms with Crippen molar-refractivity contribution in [2.45, 2.75) is 81.6 Å². The first kappa shape index (κ1) is 27.6. The molecular weight excluding hydrogens is 566 g/mol. The van der Waals surface area contributed by atoms with Crippen LogP contribution >= 0.6 is 0 Å². The first-order valence-electron chi connectivity index (χ1n) is 15.5. The Balaban J connectivity index is 1.13. The van der Waals surface area contributed by atoms with Crippen LogP contribution in [0.2, 0.25) is 0 Å². The predicted molar refractivity (Wildman–Crippen MR) is 158 cm³/mol. The van der Waals surface area contributed by atoms with E-state index in [4.69, 9.17) is 25.3 Å². The minimum absolute atomic E-state index is 0.0772. The Morgan fingerprint density at radius 2 is 1.93 bits per heavy atom. The van der Waals surface area contributed by atoms with Crippen molar-refractivity contribution in [3.05, 3.63) is 71.1 Å². The molecule has 228 valence electrons. The van der Waals surface area contributed by atoms with Gasteiger partial charge in [0.25, 0.3) is 0 Å². The number of benzene rings is 2. The van der Waals surface area contributed by atoms with E-state index in [0.717, 1.165) is 61.6 Å². The lowest BCUT2D eigenvalue weighted by molar-refractivity contribution is -0.00116. The largest absolute Gasteiger partial charge is 0.489 e. The van der Waals surface area contributed by atoms with Gasteiger partial charge in [0.1, 0.15) is 29.2 Å².